The Morgan fingerprint density at radius 1 is 1.42 bits per heavy atom. The van der Waals surface area contributed by atoms with E-state index in [1.807, 2.05) is 19.1 Å². The zero-order valence-electron chi connectivity index (χ0n) is 11.4. The van der Waals surface area contributed by atoms with Gasteiger partial charge in [-0.2, -0.15) is 0 Å². The minimum Gasteiger partial charge on any atom is -0.396 e. The van der Waals surface area contributed by atoms with Gasteiger partial charge in [-0.1, -0.05) is 6.07 Å². The molecule has 1 aliphatic rings. The Morgan fingerprint density at radius 3 is 2.63 bits per heavy atom. The van der Waals surface area contributed by atoms with Gasteiger partial charge in [0.15, 0.2) is 0 Å². The number of rotatable bonds is 4. The van der Waals surface area contributed by atoms with E-state index in [4.69, 9.17) is 10.8 Å². The van der Waals surface area contributed by atoms with E-state index in [1.165, 1.54) is 5.56 Å². The van der Waals surface area contributed by atoms with Crippen LogP contribution in [0, 0.1) is 12.8 Å². The SMILES string of the molecule is Cc1cc(C(N)=O)ccc1CN1CCC(CO)CC1. The summed E-state index contributed by atoms with van der Waals surface area (Å²) in [6.45, 7) is 5.29. The lowest BCUT2D eigenvalue weighted by atomic mass is 9.97. The maximum absolute atomic E-state index is 11.1. The standard InChI is InChI=1S/C15H22N2O2/c1-11-8-13(15(16)19)2-3-14(11)9-17-6-4-12(10-18)5-7-17/h2-3,8,12,18H,4-7,9-10H2,1H3,(H2,16,19). The lowest BCUT2D eigenvalue weighted by Gasteiger charge is -2.31. The molecule has 3 N–H and O–H groups in total. The largest absolute Gasteiger partial charge is 0.396 e. The van der Waals surface area contributed by atoms with E-state index < -0.39 is 0 Å². The third-order valence-corrected chi connectivity index (χ3v) is 3.99. The molecule has 0 bridgehead atoms. The van der Waals surface area contributed by atoms with E-state index in [0.717, 1.165) is 38.0 Å². The van der Waals surface area contributed by atoms with Crippen LogP contribution in [0.1, 0.15) is 34.3 Å². The Kier molecular flexibility index (Phi) is 4.56. The molecule has 0 aromatic heterocycles. The van der Waals surface area contributed by atoms with E-state index in [-0.39, 0.29) is 5.91 Å². The van der Waals surface area contributed by atoms with Crippen molar-refractivity contribution in [3.05, 3.63) is 34.9 Å². The number of hydrogen-bond donors (Lipinski definition) is 2. The van der Waals surface area contributed by atoms with Gasteiger partial charge in [0.1, 0.15) is 0 Å². The van der Waals surface area contributed by atoms with Crippen LogP contribution in [0.5, 0.6) is 0 Å². The van der Waals surface area contributed by atoms with Crippen molar-refractivity contribution in [3.63, 3.8) is 0 Å². The van der Waals surface area contributed by atoms with Crippen molar-refractivity contribution >= 4 is 5.91 Å². The molecular formula is C15H22N2O2. The molecule has 1 aliphatic heterocycles. The van der Waals surface area contributed by atoms with Gasteiger partial charge in [0.05, 0.1) is 0 Å². The summed E-state index contributed by atoms with van der Waals surface area (Å²) in [6, 6.07) is 5.65. The van der Waals surface area contributed by atoms with Crippen molar-refractivity contribution in [2.24, 2.45) is 11.7 Å². The number of aliphatic hydroxyl groups excluding tert-OH is 1. The maximum atomic E-state index is 11.1. The molecule has 1 heterocycles. The fraction of sp³-hybridized carbons (Fsp3) is 0.533. The predicted molar refractivity (Wildman–Crippen MR) is 74.8 cm³/mol. The third kappa shape index (κ3) is 3.55. The van der Waals surface area contributed by atoms with Crippen LogP contribution < -0.4 is 5.73 Å². The van der Waals surface area contributed by atoms with Crippen LogP contribution in [0.25, 0.3) is 0 Å². The molecule has 19 heavy (non-hydrogen) atoms. The highest BCUT2D eigenvalue weighted by atomic mass is 16.3. The van der Waals surface area contributed by atoms with Crippen LogP contribution in [0.15, 0.2) is 18.2 Å². The summed E-state index contributed by atoms with van der Waals surface area (Å²) in [7, 11) is 0. The number of primary amides is 1. The van der Waals surface area contributed by atoms with Crippen LogP contribution in [-0.2, 0) is 6.54 Å². The Morgan fingerprint density at radius 2 is 2.11 bits per heavy atom. The number of likely N-dealkylation sites (tertiary alicyclic amines) is 1. The summed E-state index contributed by atoms with van der Waals surface area (Å²) in [6.07, 6.45) is 2.13. The molecule has 4 heteroatoms. The summed E-state index contributed by atoms with van der Waals surface area (Å²) in [5, 5.41) is 9.13. The number of nitrogens with two attached hydrogens (primary N) is 1. The molecule has 1 saturated heterocycles. The fourth-order valence-corrected chi connectivity index (χ4v) is 2.59. The predicted octanol–water partition coefficient (Wildman–Crippen LogP) is 1.30. The molecule has 0 radical (unpaired) electrons. The number of carbonyl (C=O) groups excluding carboxylic acids is 1. The molecule has 0 saturated carbocycles. The summed E-state index contributed by atoms with van der Waals surface area (Å²) in [5.74, 6) is 0.0907. The Hall–Kier alpha value is -1.39. The van der Waals surface area contributed by atoms with Crippen molar-refractivity contribution < 1.29 is 9.90 Å². The van der Waals surface area contributed by atoms with Crippen LogP contribution in [0.3, 0.4) is 0 Å². The van der Waals surface area contributed by atoms with Crippen molar-refractivity contribution in [3.8, 4) is 0 Å². The first-order valence-electron chi connectivity index (χ1n) is 6.82. The van der Waals surface area contributed by atoms with E-state index in [1.54, 1.807) is 6.07 Å². The van der Waals surface area contributed by atoms with Gasteiger partial charge < -0.3 is 10.8 Å². The zero-order chi connectivity index (χ0) is 13.8. The summed E-state index contributed by atoms with van der Waals surface area (Å²) >= 11 is 0. The smallest absolute Gasteiger partial charge is 0.248 e. The van der Waals surface area contributed by atoms with E-state index in [0.29, 0.717) is 18.1 Å². The number of carbonyl (C=O) groups is 1. The second-order valence-corrected chi connectivity index (χ2v) is 5.41. The van der Waals surface area contributed by atoms with Crippen LogP contribution in [-0.4, -0.2) is 35.6 Å². The van der Waals surface area contributed by atoms with Gasteiger partial charge in [-0.15, -0.1) is 0 Å². The highest BCUT2D eigenvalue weighted by Crippen LogP contribution is 2.20. The topological polar surface area (TPSA) is 66.6 Å². The van der Waals surface area contributed by atoms with Gasteiger partial charge in [-0.3, -0.25) is 9.69 Å². The fourth-order valence-electron chi connectivity index (χ4n) is 2.59. The minimum atomic E-state index is -0.376. The Bertz CT molecular complexity index is 451. The first kappa shape index (κ1) is 14.0. The normalized spacial score (nSPS) is 17.6. The van der Waals surface area contributed by atoms with E-state index >= 15 is 0 Å². The zero-order valence-corrected chi connectivity index (χ0v) is 11.4. The monoisotopic (exact) mass is 262 g/mol. The van der Waals surface area contributed by atoms with Gasteiger partial charge in [0, 0.05) is 18.7 Å². The van der Waals surface area contributed by atoms with E-state index in [2.05, 4.69) is 4.90 Å². The van der Waals surface area contributed by atoms with Crippen molar-refractivity contribution in [2.45, 2.75) is 26.3 Å². The lowest BCUT2D eigenvalue weighted by Crippen LogP contribution is -2.34. The number of amides is 1. The molecule has 0 atom stereocenters. The number of aliphatic hydroxyl groups is 1. The molecule has 0 spiro atoms. The van der Waals surface area contributed by atoms with Gasteiger partial charge in [0.25, 0.3) is 0 Å². The maximum Gasteiger partial charge on any atom is 0.248 e. The minimum absolute atomic E-state index is 0.306. The first-order valence-corrected chi connectivity index (χ1v) is 6.82. The number of hydrogen-bond acceptors (Lipinski definition) is 3. The van der Waals surface area contributed by atoms with Crippen LogP contribution in [0.4, 0.5) is 0 Å². The summed E-state index contributed by atoms with van der Waals surface area (Å²) in [4.78, 5) is 13.5. The second-order valence-electron chi connectivity index (χ2n) is 5.41. The van der Waals surface area contributed by atoms with Crippen LogP contribution in [0.2, 0.25) is 0 Å². The molecule has 1 aromatic rings. The van der Waals surface area contributed by atoms with E-state index in [9.17, 15) is 4.79 Å². The first-order chi connectivity index (χ1) is 9.10. The molecule has 0 unspecified atom stereocenters. The highest BCUT2D eigenvalue weighted by Gasteiger charge is 2.18. The number of piperidine rings is 1. The van der Waals surface area contributed by atoms with Crippen LogP contribution >= 0.6 is 0 Å². The number of aryl methyl sites for hydroxylation is 1. The average molecular weight is 262 g/mol. The summed E-state index contributed by atoms with van der Waals surface area (Å²) < 4.78 is 0. The second kappa shape index (κ2) is 6.17. The molecule has 1 aromatic carbocycles. The summed E-state index contributed by atoms with van der Waals surface area (Å²) in [5.41, 5.74) is 8.20. The van der Waals surface area contributed by atoms with Crippen molar-refractivity contribution in [1.82, 2.24) is 4.90 Å². The molecular weight excluding hydrogens is 240 g/mol. The Balaban J connectivity index is 1.98. The lowest BCUT2D eigenvalue weighted by molar-refractivity contribution is 0.1000. The molecule has 104 valence electrons. The highest BCUT2D eigenvalue weighted by molar-refractivity contribution is 5.93. The van der Waals surface area contributed by atoms with Gasteiger partial charge >= 0.3 is 0 Å². The molecule has 4 nitrogen and oxygen atoms in total. The third-order valence-electron chi connectivity index (χ3n) is 3.99. The van der Waals surface area contributed by atoms with Crippen molar-refractivity contribution in [1.29, 1.82) is 0 Å². The number of benzene rings is 1. The quantitative estimate of drug-likeness (QED) is 0.859. The van der Waals surface area contributed by atoms with Gasteiger partial charge in [0.2, 0.25) is 5.91 Å². The van der Waals surface area contributed by atoms with Gasteiger partial charge in [-0.05, 0) is 62.0 Å². The molecule has 1 fully saturated rings. The Labute approximate surface area is 114 Å². The molecule has 0 aliphatic carbocycles. The number of nitrogens with zero attached hydrogens (tertiary/aromatic N) is 1. The average Bonchev–Trinajstić information content (AvgIpc) is 2.41. The van der Waals surface area contributed by atoms with Crippen molar-refractivity contribution in [2.75, 3.05) is 19.7 Å². The molecule has 1 amide bonds. The van der Waals surface area contributed by atoms with Gasteiger partial charge in [-0.25, -0.2) is 0 Å². The molecule has 2 rings (SSSR count).